The standard InChI is InChI=1S/C22H23N3O/c1-15-6-5-7-16(2)25(15)22(26)19-14-21(17-10-12-23-13-11-17)24-20-9-4-3-8-18(19)20/h3-4,8-16H,5-7H2,1-2H3/t15-,16-/m1/s1. The fourth-order valence-electron chi connectivity index (χ4n) is 3.98. The molecule has 0 aliphatic carbocycles. The summed E-state index contributed by atoms with van der Waals surface area (Å²) in [5.41, 5.74) is 3.37. The second-order valence-corrected chi connectivity index (χ2v) is 7.15. The van der Waals surface area contributed by atoms with Gasteiger partial charge >= 0.3 is 0 Å². The third-order valence-electron chi connectivity index (χ3n) is 5.35. The van der Waals surface area contributed by atoms with Gasteiger partial charge in [-0.05, 0) is 57.4 Å². The maximum Gasteiger partial charge on any atom is 0.255 e. The number of benzene rings is 1. The van der Waals surface area contributed by atoms with Crippen molar-refractivity contribution in [1.82, 2.24) is 14.9 Å². The number of hydrogen-bond donors (Lipinski definition) is 0. The summed E-state index contributed by atoms with van der Waals surface area (Å²) in [5, 5.41) is 0.917. The lowest BCUT2D eigenvalue weighted by atomic mass is 9.95. The summed E-state index contributed by atoms with van der Waals surface area (Å²) < 4.78 is 0. The molecule has 0 unspecified atom stereocenters. The van der Waals surface area contributed by atoms with Crippen molar-refractivity contribution in [3.8, 4) is 11.3 Å². The van der Waals surface area contributed by atoms with Crippen molar-refractivity contribution in [3.63, 3.8) is 0 Å². The van der Waals surface area contributed by atoms with Crippen LogP contribution in [0.1, 0.15) is 43.5 Å². The van der Waals surface area contributed by atoms with E-state index in [9.17, 15) is 4.79 Å². The molecule has 1 fully saturated rings. The van der Waals surface area contributed by atoms with E-state index in [0.29, 0.717) is 0 Å². The lowest BCUT2D eigenvalue weighted by Crippen LogP contribution is -2.47. The molecule has 1 saturated heterocycles. The van der Waals surface area contributed by atoms with Gasteiger partial charge < -0.3 is 4.90 Å². The predicted molar refractivity (Wildman–Crippen MR) is 104 cm³/mol. The molecule has 26 heavy (non-hydrogen) atoms. The monoisotopic (exact) mass is 345 g/mol. The van der Waals surface area contributed by atoms with E-state index in [1.807, 2.05) is 42.5 Å². The number of pyridine rings is 2. The van der Waals surface area contributed by atoms with Crippen molar-refractivity contribution in [1.29, 1.82) is 0 Å². The molecule has 3 heterocycles. The molecule has 4 nitrogen and oxygen atoms in total. The van der Waals surface area contributed by atoms with Crippen molar-refractivity contribution in [2.75, 3.05) is 0 Å². The van der Waals surface area contributed by atoms with Gasteiger partial charge in [-0.25, -0.2) is 4.98 Å². The Bertz CT molecular complexity index is 929. The van der Waals surface area contributed by atoms with Crippen molar-refractivity contribution in [3.05, 3.63) is 60.4 Å². The summed E-state index contributed by atoms with van der Waals surface area (Å²) >= 11 is 0. The van der Waals surface area contributed by atoms with Gasteiger partial charge in [-0.3, -0.25) is 9.78 Å². The number of carbonyl (C=O) groups excluding carboxylic acids is 1. The molecule has 0 saturated carbocycles. The van der Waals surface area contributed by atoms with Crippen LogP contribution < -0.4 is 0 Å². The molecule has 1 aliphatic rings. The highest BCUT2D eigenvalue weighted by atomic mass is 16.2. The minimum absolute atomic E-state index is 0.110. The minimum Gasteiger partial charge on any atom is -0.333 e. The number of piperidine rings is 1. The number of hydrogen-bond acceptors (Lipinski definition) is 3. The number of rotatable bonds is 2. The number of likely N-dealkylation sites (tertiary alicyclic amines) is 1. The summed E-state index contributed by atoms with van der Waals surface area (Å²) in [7, 11) is 0. The van der Waals surface area contributed by atoms with Crippen LogP contribution in [0.4, 0.5) is 0 Å². The third kappa shape index (κ3) is 2.96. The van der Waals surface area contributed by atoms with Gasteiger partial charge in [0.1, 0.15) is 0 Å². The number of carbonyl (C=O) groups is 1. The van der Waals surface area contributed by atoms with Gasteiger partial charge in [-0.2, -0.15) is 0 Å². The highest BCUT2D eigenvalue weighted by Gasteiger charge is 2.30. The summed E-state index contributed by atoms with van der Waals surface area (Å²) in [4.78, 5) is 24.4. The molecule has 4 heteroatoms. The molecule has 132 valence electrons. The minimum atomic E-state index is 0.110. The van der Waals surface area contributed by atoms with E-state index >= 15 is 0 Å². The largest absolute Gasteiger partial charge is 0.333 e. The highest BCUT2D eigenvalue weighted by Crippen LogP contribution is 2.29. The number of para-hydroxylation sites is 1. The Hall–Kier alpha value is -2.75. The van der Waals surface area contributed by atoms with Crippen LogP contribution in [0.3, 0.4) is 0 Å². The topological polar surface area (TPSA) is 46.1 Å². The fourth-order valence-corrected chi connectivity index (χ4v) is 3.98. The van der Waals surface area contributed by atoms with Crippen molar-refractivity contribution < 1.29 is 4.79 Å². The maximum atomic E-state index is 13.5. The smallest absolute Gasteiger partial charge is 0.255 e. The molecule has 3 aromatic rings. The van der Waals surface area contributed by atoms with Crippen molar-refractivity contribution >= 4 is 16.8 Å². The van der Waals surface area contributed by atoms with Crippen molar-refractivity contribution in [2.45, 2.75) is 45.2 Å². The summed E-state index contributed by atoms with van der Waals surface area (Å²) in [5.74, 6) is 0.110. The van der Waals surface area contributed by atoms with Gasteiger partial charge in [0, 0.05) is 35.4 Å². The molecular weight excluding hydrogens is 322 g/mol. The Morgan fingerprint density at radius 1 is 1.04 bits per heavy atom. The van der Waals surface area contributed by atoms with Crippen LogP contribution >= 0.6 is 0 Å². The zero-order valence-electron chi connectivity index (χ0n) is 15.2. The number of fused-ring (bicyclic) bond motifs is 1. The Morgan fingerprint density at radius 2 is 1.73 bits per heavy atom. The molecular formula is C22H23N3O. The highest BCUT2D eigenvalue weighted by molar-refractivity contribution is 6.07. The Labute approximate surface area is 153 Å². The maximum absolute atomic E-state index is 13.5. The van der Waals surface area contributed by atoms with Gasteiger partial charge in [0.05, 0.1) is 16.8 Å². The lowest BCUT2D eigenvalue weighted by molar-refractivity contribution is 0.0513. The van der Waals surface area contributed by atoms with Crippen LogP contribution in [0.5, 0.6) is 0 Å². The quantitative estimate of drug-likeness (QED) is 0.676. The van der Waals surface area contributed by atoms with E-state index in [0.717, 1.165) is 40.6 Å². The molecule has 2 aromatic heterocycles. The molecule has 2 atom stereocenters. The van der Waals surface area contributed by atoms with E-state index in [-0.39, 0.29) is 18.0 Å². The molecule has 1 amide bonds. The van der Waals surface area contributed by atoms with E-state index < -0.39 is 0 Å². The second kappa shape index (κ2) is 6.87. The Kier molecular flexibility index (Phi) is 4.41. The zero-order chi connectivity index (χ0) is 18.1. The summed E-state index contributed by atoms with van der Waals surface area (Å²) in [6, 6.07) is 14.2. The average Bonchev–Trinajstić information content (AvgIpc) is 2.67. The predicted octanol–water partition coefficient (Wildman–Crippen LogP) is 4.70. The van der Waals surface area contributed by atoms with E-state index in [1.54, 1.807) is 12.4 Å². The normalized spacial score (nSPS) is 20.3. The van der Waals surface area contributed by atoms with Gasteiger partial charge in [-0.15, -0.1) is 0 Å². The third-order valence-corrected chi connectivity index (χ3v) is 5.35. The first-order valence-corrected chi connectivity index (χ1v) is 9.28. The fraction of sp³-hybridized carbons (Fsp3) is 0.318. The average molecular weight is 345 g/mol. The van der Waals surface area contributed by atoms with Crippen LogP contribution in [0.2, 0.25) is 0 Å². The first-order valence-electron chi connectivity index (χ1n) is 9.28. The van der Waals surface area contributed by atoms with Crippen LogP contribution in [0.25, 0.3) is 22.2 Å². The SMILES string of the molecule is C[C@@H]1CCC[C@@H](C)N1C(=O)c1cc(-c2ccncc2)nc2ccccc12. The zero-order valence-corrected chi connectivity index (χ0v) is 15.2. The van der Waals surface area contributed by atoms with Gasteiger partial charge in [0.25, 0.3) is 5.91 Å². The van der Waals surface area contributed by atoms with E-state index in [4.69, 9.17) is 4.98 Å². The van der Waals surface area contributed by atoms with Gasteiger partial charge in [-0.1, -0.05) is 18.2 Å². The molecule has 1 aliphatic heterocycles. The first kappa shape index (κ1) is 16.7. The van der Waals surface area contributed by atoms with Gasteiger partial charge in [0.15, 0.2) is 0 Å². The van der Waals surface area contributed by atoms with Crippen LogP contribution in [0, 0.1) is 0 Å². The van der Waals surface area contributed by atoms with E-state index in [2.05, 4.69) is 23.7 Å². The van der Waals surface area contributed by atoms with Crippen LogP contribution in [-0.2, 0) is 0 Å². The molecule has 1 aromatic carbocycles. The lowest BCUT2D eigenvalue weighted by Gasteiger charge is -2.39. The van der Waals surface area contributed by atoms with Crippen LogP contribution in [-0.4, -0.2) is 32.9 Å². The molecule has 4 rings (SSSR count). The Balaban J connectivity index is 1.86. The van der Waals surface area contributed by atoms with Crippen LogP contribution in [0.15, 0.2) is 54.9 Å². The number of amides is 1. The molecule has 0 bridgehead atoms. The number of aromatic nitrogens is 2. The molecule has 0 radical (unpaired) electrons. The molecule has 0 N–H and O–H groups in total. The summed E-state index contributed by atoms with van der Waals surface area (Å²) in [6.07, 6.45) is 6.82. The first-order chi connectivity index (χ1) is 12.6. The second-order valence-electron chi connectivity index (χ2n) is 7.15. The van der Waals surface area contributed by atoms with Gasteiger partial charge in [0.2, 0.25) is 0 Å². The van der Waals surface area contributed by atoms with E-state index in [1.165, 1.54) is 6.42 Å². The summed E-state index contributed by atoms with van der Waals surface area (Å²) in [6.45, 7) is 4.31. The molecule has 0 spiro atoms. The Morgan fingerprint density at radius 3 is 2.46 bits per heavy atom. The number of nitrogens with zero attached hydrogens (tertiary/aromatic N) is 3. The van der Waals surface area contributed by atoms with Crippen molar-refractivity contribution in [2.24, 2.45) is 0 Å².